The largest absolute Gasteiger partial charge is 0.361 e. The standard InChI is InChI=1S/C13H17N3O2S/c1-3-4-13-15-10(8-19-13)7-14-12(17)6-11-5-9(2)16-18-11/h5,8H,3-4,6-7H2,1-2H3,(H,14,17). The second kappa shape index (κ2) is 6.47. The summed E-state index contributed by atoms with van der Waals surface area (Å²) in [5.74, 6) is 0.501. The average Bonchev–Trinajstić information content (AvgIpc) is 2.97. The van der Waals surface area contributed by atoms with Gasteiger partial charge in [-0.05, 0) is 19.8 Å². The van der Waals surface area contributed by atoms with E-state index in [4.69, 9.17) is 4.52 Å². The van der Waals surface area contributed by atoms with Gasteiger partial charge in [-0.3, -0.25) is 4.79 Å². The van der Waals surface area contributed by atoms with Crippen LogP contribution in [0.5, 0.6) is 0 Å². The van der Waals surface area contributed by atoms with Crippen LogP contribution >= 0.6 is 11.3 Å². The van der Waals surface area contributed by atoms with Crippen LogP contribution < -0.4 is 5.32 Å². The molecule has 0 aliphatic heterocycles. The number of nitrogens with zero attached hydrogens (tertiary/aromatic N) is 2. The maximum atomic E-state index is 11.7. The minimum atomic E-state index is -0.0822. The second-order valence-corrected chi connectivity index (χ2v) is 5.31. The second-order valence-electron chi connectivity index (χ2n) is 4.37. The van der Waals surface area contributed by atoms with E-state index in [0.29, 0.717) is 12.3 Å². The Kier molecular flexibility index (Phi) is 4.68. The van der Waals surface area contributed by atoms with Crippen molar-refractivity contribution in [3.05, 3.63) is 33.6 Å². The van der Waals surface area contributed by atoms with Crippen LogP contribution in [-0.2, 0) is 24.2 Å². The molecule has 1 amide bonds. The SMILES string of the molecule is CCCc1nc(CNC(=O)Cc2cc(C)no2)cs1. The number of carbonyl (C=O) groups excluding carboxylic acids is 1. The topological polar surface area (TPSA) is 68.0 Å². The molecule has 102 valence electrons. The van der Waals surface area contributed by atoms with Crippen LogP contribution in [0.15, 0.2) is 16.0 Å². The molecule has 2 aromatic rings. The summed E-state index contributed by atoms with van der Waals surface area (Å²) in [4.78, 5) is 16.2. The summed E-state index contributed by atoms with van der Waals surface area (Å²) in [6.07, 6.45) is 2.30. The first-order chi connectivity index (χ1) is 9.17. The predicted molar refractivity (Wildman–Crippen MR) is 72.9 cm³/mol. The fourth-order valence-electron chi connectivity index (χ4n) is 1.67. The summed E-state index contributed by atoms with van der Waals surface area (Å²) < 4.78 is 5.00. The lowest BCUT2D eigenvalue weighted by Gasteiger charge is -2.00. The van der Waals surface area contributed by atoms with Crippen LogP contribution in [-0.4, -0.2) is 16.0 Å². The molecule has 0 bridgehead atoms. The highest BCUT2D eigenvalue weighted by Gasteiger charge is 2.08. The highest BCUT2D eigenvalue weighted by molar-refractivity contribution is 7.09. The molecular formula is C13H17N3O2S. The molecule has 0 atom stereocenters. The summed E-state index contributed by atoms with van der Waals surface area (Å²) in [6.45, 7) is 4.42. The highest BCUT2D eigenvalue weighted by atomic mass is 32.1. The number of rotatable bonds is 6. The van der Waals surface area contributed by atoms with Crippen LogP contribution in [0, 0.1) is 6.92 Å². The number of nitrogens with one attached hydrogen (secondary N) is 1. The van der Waals surface area contributed by atoms with E-state index in [9.17, 15) is 4.79 Å². The van der Waals surface area contributed by atoms with Crippen molar-refractivity contribution in [3.63, 3.8) is 0 Å². The molecule has 0 radical (unpaired) electrons. The predicted octanol–water partition coefficient (Wildman–Crippen LogP) is 2.25. The van der Waals surface area contributed by atoms with Gasteiger partial charge in [0.2, 0.25) is 5.91 Å². The lowest BCUT2D eigenvalue weighted by molar-refractivity contribution is -0.120. The van der Waals surface area contributed by atoms with E-state index in [1.807, 2.05) is 12.3 Å². The van der Waals surface area contributed by atoms with Gasteiger partial charge in [-0.1, -0.05) is 12.1 Å². The summed E-state index contributed by atoms with van der Waals surface area (Å²) in [7, 11) is 0. The van der Waals surface area contributed by atoms with E-state index in [0.717, 1.165) is 29.2 Å². The van der Waals surface area contributed by atoms with E-state index in [1.165, 1.54) is 0 Å². The number of hydrogen-bond acceptors (Lipinski definition) is 5. The Morgan fingerprint density at radius 1 is 1.53 bits per heavy atom. The van der Waals surface area contributed by atoms with Crippen molar-refractivity contribution in [3.8, 4) is 0 Å². The fourth-order valence-corrected chi connectivity index (χ4v) is 2.57. The molecule has 0 unspecified atom stereocenters. The van der Waals surface area contributed by atoms with Crippen LogP contribution in [0.25, 0.3) is 0 Å². The highest BCUT2D eigenvalue weighted by Crippen LogP contribution is 2.11. The van der Waals surface area contributed by atoms with Crippen LogP contribution in [0.4, 0.5) is 0 Å². The van der Waals surface area contributed by atoms with Gasteiger partial charge in [0, 0.05) is 11.4 Å². The Labute approximate surface area is 116 Å². The zero-order chi connectivity index (χ0) is 13.7. The molecule has 0 saturated heterocycles. The molecule has 6 heteroatoms. The lowest BCUT2D eigenvalue weighted by atomic mass is 10.3. The molecule has 0 aromatic carbocycles. The summed E-state index contributed by atoms with van der Waals surface area (Å²) in [5, 5.41) is 9.69. The van der Waals surface area contributed by atoms with E-state index in [2.05, 4.69) is 22.4 Å². The molecule has 1 N–H and O–H groups in total. The minimum Gasteiger partial charge on any atom is -0.361 e. The molecule has 2 aromatic heterocycles. The van der Waals surface area contributed by atoms with Gasteiger partial charge < -0.3 is 9.84 Å². The number of carbonyl (C=O) groups is 1. The molecular weight excluding hydrogens is 262 g/mol. The van der Waals surface area contributed by atoms with Gasteiger partial charge in [0.1, 0.15) is 5.76 Å². The van der Waals surface area contributed by atoms with Gasteiger partial charge >= 0.3 is 0 Å². The zero-order valence-corrected chi connectivity index (χ0v) is 11.9. The normalized spacial score (nSPS) is 10.6. The van der Waals surface area contributed by atoms with Crippen molar-refractivity contribution in [1.29, 1.82) is 0 Å². The van der Waals surface area contributed by atoms with Crippen molar-refractivity contribution in [1.82, 2.24) is 15.5 Å². The zero-order valence-electron chi connectivity index (χ0n) is 11.1. The third-order valence-electron chi connectivity index (χ3n) is 2.54. The Morgan fingerprint density at radius 2 is 2.37 bits per heavy atom. The van der Waals surface area contributed by atoms with Crippen molar-refractivity contribution in [2.75, 3.05) is 0 Å². The molecule has 0 fully saturated rings. The number of thiazole rings is 1. The molecule has 19 heavy (non-hydrogen) atoms. The van der Waals surface area contributed by atoms with E-state index >= 15 is 0 Å². The molecule has 0 aliphatic rings. The monoisotopic (exact) mass is 279 g/mol. The molecule has 2 heterocycles. The van der Waals surface area contributed by atoms with Gasteiger partial charge in [-0.25, -0.2) is 4.98 Å². The van der Waals surface area contributed by atoms with Crippen molar-refractivity contribution >= 4 is 17.2 Å². The molecule has 0 saturated carbocycles. The van der Waals surface area contributed by atoms with Gasteiger partial charge in [-0.15, -0.1) is 11.3 Å². The number of amides is 1. The first kappa shape index (κ1) is 13.7. The Bertz CT molecular complexity index is 548. The summed E-state index contributed by atoms with van der Waals surface area (Å²) in [6, 6.07) is 1.77. The molecule has 2 rings (SSSR count). The third kappa shape index (κ3) is 4.17. The smallest absolute Gasteiger partial charge is 0.228 e. The minimum absolute atomic E-state index is 0.0822. The fraction of sp³-hybridized carbons (Fsp3) is 0.462. The maximum Gasteiger partial charge on any atom is 0.228 e. The third-order valence-corrected chi connectivity index (χ3v) is 3.50. The molecule has 5 nitrogen and oxygen atoms in total. The summed E-state index contributed by atoms with van der Waals surface area (Å²) in [5.41, 5.74) is 1.70. The van der Waals surface area contributed by atoms with Gasteiger partial charge in [0.25, 0.3) is 0 Å². The Morgan fingerprint density at radius 3 is 3.05 bits per heavy atom. The lowest BCUT2D eigenvalue weighted by Crippen LogP contribution is -2.24. The summed E-state index contributed by atoms with van der Waals surface area (Å²) >= 11 is 1.64. The average molecular weight is 279 g/mol. The first-order valence-corrected chi connectivity index (χ1v) is 7.17. The van der Waals surface area contributed by atoms with Gasteiger partial charge in [0.15, 0.2) is 0 Å². The molecule has 0 spiro atoms. The van der Waals surface area contributed by atoms with Crippen LogP contribution in [0.1, 0.15) is 35.5 Å². The van der Waals surface area contributed by atoms with Crippen molar-refractivity contribution in [2.24, 2.45) is 0 Å². The van der Waals surface area contributed by atoms with Crippen LogP contribution in [0.3, 0.4) is 0 Å². The number of aromatic nitrogens is 2. The van der Waals surface area contributed by atoms with E-state index in [-0.39, 0.29) is 12.3 Å². The van der Waals surface area contributed by atoms with Crippen LogP contribution in [0.2, 0.25) is 0 Å². The van der Waals surface area contributed by atoms with Gasteiger partial charge in [-0.2, -0.15) is 0 Å². The maximum absolute atomic E-state index is 11.7. The number of hydrogen-bond donors (Lipinski definition) is 1. The van der Waals surface area contributed by atoms with Crippen molar-refractivity contribution in [2.45, 2.75) is 39.7 Å². The Balaban J connectivity index is 1.79. The number of aryl methyl sites for hydroxylation is 2. The molecule has 0 aliphatic carbocycles. The van der Waals surface area contributed by atoms with E-state index in [1.54, 1.807) is 17.4 Å². The quantitative estimate of drug-likeness (QED) is 0.880. The first-order valence-electron chi connectivity index (χ1n) is 6.29. The van der Waals surface area contributed by atoms with Crippen molar-refractivity contribution < 1.29 is 9.32 Å². The van der Waals surface area contributed by atoms with Gasteiger partial charge in [0.05, 0.1) is 29.4 Å². The van der Waals surface area contributed by atoms with E-state index < -0.39 is 0 Å². The Hall–Kier alpha value is -1.69.